The van der Waals surface area contributed by atoms with Crippen LogP contribution in [0.5, 0.6) is 11.6 Å². The summed E-state index contributed by atoms with van der Waals surface area (Å²) in [4.78, 5) is 62.4. The molecule has 0 spiro atoms. The third-order valence-corrected chi connectivity index (χ3v) is 12.9. The molecule has 2 aliphatic heterocycles. The van der Waals surface area contributed by atoms with Crippen molar-refractivity contribution in [3.05, 3.63) is 54.6 Å². The van der Waals surface area contributed by atoms with Gasteiger partial charge in [0.1, 0.15) is 36.1 Å². The van der Waals surface area contributed by atoms with Gasteiger partial charge in [-0.15, -0.1) is 0 Å². The minimum absolute atomic E-state index is 0.00775. The molecule has 5 atom stereocenters. The number of cyclic esters (lactones) is 1. The molecule has 3 fully saturated rings. The molecule has 300 valence electrons. The lowest BCUT2D eigenvalue weighted by atomic mass is 9.85. The number of hydrogen-bond donors (Lipinski definition) is 3. The van der Waals surface area contributed by atoms with E-state index in [-0.39, 0.29) is 38.5 Å². The molecule has 3 N–H and O–H groups in total. The van der Waals surface area contributed by atoms with E-state index in [0.717, 1.165) is 10.9 Å². The standard InChI is InChI=1S/C41H51N5O9S/c1-7-26-20-41(26,37(49)45-56(51,52)29-15-16-29)44-34(47)32-19-28-21-46(32)36(48)33(39(2,3)4)43-38(50)54-23-40(5,6)22-53-27-13-10-12-24(17-27)30-18-25-11-8-9-14-31(25)42-35(30)55-28/h8-14,17-18,26,28-29,32-33H,7,15-16,19-23H2,1-6H3,(H,43,50)(H,44,47)(H,45,49)/t26-,28-,32+,33-,41+/m1/s1. The Labute approximate surface area is 327 Å². The summed E-state index contributed by atoms with van der Waals surface area (Å²) in [5.74, 6) is -1.35. The highest BCUT2D eigenvalue weighted by molar-refractivity contribution is 7.91. The average Bonchev–Trinajstić information content (AvgIpc) is 4.08. The largest absolute Gasteiger partial charge is 0.493 e. The lowest BCUT2D eigenvalue weighted by Crippen LogP contribution is -2.60. The molecule has 4 amide bonds. The van der Waals surface area contributed by atoms with Crippen LogP contribution in [0.2, 0.25) is 0 Å². The van der Waals surface area contributed by atoms with Crippen LogP contribution in [-0.2, 0) is 29.1 Å². The molecule has 3 heterocycles. The fourth-order valence-electron chi connectivity index (χ4n) is 7.53. The Morgan fingerprint density at radius 1 is 1.02 bits per heavy atom. The van der Waals surface area contributed by atoms with Crippen molar-refractivity contribution >= 4 is 44.7 Å². The van der Waals surface area contributed by atoms with Crippen molar-refractivity contribution < 1.29 is 41.8 Å². The number of benzene rings is 2. The van der Waals surface area contributed by atoms with Gasteiger partial charge in [-0.3, -0.25) is 19.1 Å². The number of rotatable bonds is 6. The molecular weight excluding hydrogens is 739 g/mol. The Hall–Kier alpha value is -4.92. The first-order valence-corrected chi connectivity index (χ1v) is 20.9. The first kappa shape index (κ1) is 39.3. The fraction of sp³-hybridized carbons (Fsp3) is 0.537. The molecule has 7 rings (SSSR count). The molecule has 15 heteroatoms. The number of nitrogens with zero attached hydrogens (tertiary/aromatic N) is 2. The van der Waals surface area contributed by atoms with E-state index in [0.29, 0.717) is 42.0 Å². The number of alkyl carbamates (subject to hydrolysis) is 1. The predicted molar refractivity (Wildman–Crippen MR) is 208 cm³/mol. The second-order valence-corrected chi connectivity index (χ2v) is 19.4. The summed E-state index contributed by atoms with van der Waals surface area (Å²) >= 11 is 0. The summed E-state index contributed by atoms with van der Waals surface area (Å²) in [5.41, 5.74) is -0.749. The lowest BCUT2D eigenvalue weighted by Gasteiger charge is -2.35. The third-order valence-electron chi connectivity index (χ3n) is 11.1. The van der Waals surface area contributed by atoms with Crippen molar-refractivity contribution in [2.24, 2.45) is 16.7 Å². The van der Waals surface area contributed by atoms with Gasteiger partial charge in [0.2, 0.25) is 27.7 Å². The molecule has 1 aromatic heterocycles. The van der Waals surface area contributed by atoms with Gasteiger partial charge >= 0.3 is 6.09 Å². The third kappa shape index (κ3) is 8.14. The van der Waals surface area contributed by atoms with E-state index in [1.807, 2.05) is 75.4 Å². The average molecular weight is 790 g/mol. The first-order valence-electron chi connectivity index (χ1n) is 19.3. The number of carbonyl (C=O) groups is 4. The monoisotopic (exact) mass is 789 g/mol. The molecule has 2 aliphatic carbocycles. The molecule has 4 aliphatic rings. The van der Waals surface area contributed by atoms with E-state index in [9.17, 15) is 27.6 Å². The zero-order valence-electron chi connectivity index (χ0n) is 32.7. The summed E-state index contributed by atoms with van der Waals surface area (Å²) < 4.78 is 46.3. The summed E-state index contributed by atoms with van der Waals surface area (Å²) in [6, 6.07) is 14.9. The summed E-state index contributed by atoms with van der Waals surface area (Å²) in [6.45, 7) is 11.2. The van der Waals surface area contributed by atoms with Gasteiger partial charge in [0, 0.05) is 22.8 Å². The second kappa shape index (κ2) is 14.5. The molecule has 56 heavy (non-hydrogen) atoms. The van der Waals surface area contributed by atoms with Gasteiger partial charge in [0.15, 0.2) is 0 Å². The van der Waals surface area contributed by atoms with Gasteiger partial charge in [-0.25, -0.2) is 18.2 Å². The zero-order valence-corrected chi connectivity index (χ0v) is 33.5. The maximum atomic E-state index is 14.7. The van der Waals surface area contributed by atoms with Crippen molar-refractivity contribution in [3.8, 4) is 22.8 Å². The molecule has 0 radical (unpaired) electrons. The van der Waals surface area contributed by atoms with Crippen molar-refractivity contribution in [3.63, 3.8) is 0 Å². The number of carbonyl (C=O) groups excluding carboxylic acids is 4. The minimum Gasteiger partial charge on any atom is -0.493 e. The Morgan fingerprint density at radius 3 is 2.45 bits per heavy atom. The number of fused-ring (bicyclic) bond motifs is 7. The van der Waals surface area contributed by atoms with Gasteiger partial charge in [-0.05, 0) is 60.4 Å². The number of pyridine rings is 1. The van der Waals surface area contributed by atoms with Gasteiger partial charge < -0.3 is 29.7 Å². The van der Waals surface area contributed by atoms with Crippen molar-refractivity contribution in [1.82, 2.24) is 25.2 Å². The van der Waals surface area contributed by atoms with Gasteiger partial charge in [0.25, 0.3) is 5.91 Å². The van der Waals surface area contributed by atoms with E-state index >= 15 is 0 Å². The Morgan fingerprint density at radius 2 is 1.75 bits per heavy atom. The number of amides is 4. The van der Waals surface area contributed by atoms with Crippen LogP contribution >= 0.6 is 0 Å². The molecular formula is C41H51N5O9S. The molecule has 0 unspecified atom stereocenters. The van der Waals surface area contributed by atoms with E-state index in [4.69, 9.17) is 19.2 Å². The quantitative estimate of drug-likeness (QED) is 0.317. The van der Waals surface area contributed by atoms with Crippen molar-refractivity contribution in [2.75, 3.05) is 19.8 Å². The maximum Gasteiger partial charge on any atom is 0.407 e. The fourth-order valence-corrected chi connectivity index (χ4v) is 8.90. The van der Waals surface area contributed by atoms with Crippen LogP contribution in [-0.4, -0.2) is 90.9 Å². The van der Waals surface area contributed by atoms with Crippen LogP contribution in [0.15, 0.2) is 54.6 Å². The summed E-state index contributed by atoms with van der Waals surface area (Å²) in [7, 11) is -3.88. The molecule has 1 saturated heterocycles. The topological polar surface area (TPSA) is 182 Å². The number of ether oxygens (including phenoxy) is 3. The normalized spacial score (nSPS) is 26.6. The van der Waals surface area contributed by atoms with Crippen LogP contribution in [0.25, 0.3) is 22.0 Å². The predicted octanol–water partition coefficient (Wildman–Crippen LogP) is 4.70. The zero-order chi connectivity index (χ0) is 40.2. The summed E-state index contributed by atoms with van der Waals surface area (Å²) in [5, 5.41) is 5.90. The van der Waals surface area contributed by atoms with Crippen LogP contribution in [0, 0.1) is 16.7 Å². The molecule has 3 aromatic rings. The van der Waals surface area contributed by atoms with E-state index in [1.54, 1.807) is 20.8 Å². The molecule has 14 nitrogen and oxygen atoms in total. The number of sulfonamides is 1. The lowest BCUT2D eigenvalue weighted by molar-refractivity contribution is -0.143. The highest BCUT2D eigenvalue weighted by atomic mass is 32.2. The van der Waals surface area contributed by atoms with Gasteiger partial charge in [-0.2, -0.15) is 0 Å². The van der Waals surface area contributed by atoms with Crippen molar-refractivity contribution in [1.29, 1.82) is 0 Å². The number of nitrogens with one attached hydrogen (secondary N) is 3. The van der Waals surface area contributed by atoms with E-state index in [2.05, 4.69) is 15.4 Å². The molecule has 2 saturated carbocycles. The SMILES string of the molecule is CC[C@@H]1C[C@@]1(NC(=O)[C@@H]1C[C@@H]2CN1C(=O)[C@H](C(C)(C)C)NC(=O)OCC(C)(C)COc1cccc(c1)-c1cc3ccccc3nc1O2)C(=O)NS(=O)(=O)C1CC1. The number of para-hydroxylation sites is 1. The highest BCUT2D eigenvalue weighted by Crippen LogP contribution is 2.47. The second-order valence-electron chi connectivity index (χ2n) is 17.5. The maximum absolute atomic E-state index is 14.7. The Balaban J connectivity index is 1.27. The van der Waals surface area contributed by atoms with E-state index in [1.165, 1.54) is 4.90 Å². The van der Waals surface area contributed by atoms with E-state index < -0.39 is 73.6 Å². The smallest absolute Gasteiger partial charge is 0.407 e. The number of aromatic nitrogens is 1. The Bertz CT molecular complexity index is 2170. The van der Waals surface area contributed by atoms with Crippen LogP contribution in [0.4, 0.5) is 4.79 Å². The number of hydrogen-bond acceptors (Lipinski definition) is 10. The molecule has 4 bridgehead atoms. The van der Waals surface area contributed by atoms with Crippen LogP contribution < -0.4 is 24.8 Å². The van der Waals surface area contributed by atoms with Crippen molar-refractivity contribution in [2.45, 2.75) is 103 Å². The van der Waals surface area contributed by atoms with Crippen LogP contribution in [0.3, 0.4) is 0 Å². The Kier molecular flexibility index (Phi) is 10.2. The van der Waals surface area contributed by atoms with Gasteiger partial charge in [-0.1, -0.05) is 78.3 Å². The highest BCUT2D eigenvalue weighted by Gasteiger charge is 2.62. The minimum atomic E-state index is -3.88. The van der Waals surface area contributed by atoms with Gasteiger partial charge in [0.05, 0.1) is 23.9 Å². The molecule has 2 aromatic carbocycles. The first-order chi connectivity index (χ1) is 26.4. The van der Waals surface area contributed by atoms with Crippen LogP contribution in [0.1, 0.15) is 73.6 Å². The summed E-state index contributed by atoms with van der Waals surface area (Å²) in [6.07, 6.45) is 0.205.